The second-order valence-electron chi connectivity index (χ2n) is 9.57. The van der Waals surface area contributed by atoms with Gasteiger partial charge in [0.05, 0.1) is 13.5 Å². The molecule has 0 heterocycles. The van der Waals surface area contributed by atoms with Crippen LogP contribution in [0, 0.1) is 13.8 Å². The van der Waals surface area contributed by atoms with Gasteiger partial charge in [-0.1, -0.05) is 78.7 Å². The number of methoxy groups -OCH3 is 1. The standard InChI is InChI=1S/C31H38N2O3/c1-6-24(4)32-31(35)29(19-25-11-8-7-9-12-25)33(21-26-13-10-14-28(18-26)36-5)30(34)20-27-16-22(2)15-23(3)17-27/h7-18,24,29H,6,19-21H2,1-5H3,(H,32,35). The minimum Gasteiger partial charge on any atom is -0.497 e. The van der Waals surface area contributed by atoms with E-state index in [1.54, 1.807) is 12.0 Å². The van der Waals surface area contributed by atoms with E-state index in [0.29, 0.717) is 13.0 Å². The molecular formula is C31H38N2O3. The quantitative estimate of drug-likeness (QED) is 0.394. The van der Waals surface area contributed by atoms with Crippen LogP contribution in [0.2, 0.25) is 0 Å². The first-order valence-corrected chi connectivity index (χ1v) is 12.6. The van der Waals surface area contributed by atoms with Gasteiger partial charge in [-0.3, -0.25) is 9.59 Å². The van der Waals surface area contributed by atoms with E-state index in [1.807, 2.05) is 94.4 Å². The van der Waals surface area contributed by atoms with Gasteiger partial charge in [-0.2, -0.15) is 0 Å². The Balaban J connectivity index is 2.00. The molecule has 1 N–H and O–H groups in total. The predicted molar refractivity (Wildman–Crippen MR) is 145 cm³/mol. The summed E-state index contributed by atoms with van der Waals surface area (Å²) < 4.78 is 5.41. The van der Waals surface area contributed by atoms with Gasteiger partial charge < -0.3 is 15.0 Å². The molecule has 5 nitrogen and oxygen atoms in total. The van der Waals surface area contributed by atoms with Crippen molar-refractivity contribution in [1.29, 1.82) is 0 Å². The van der Waals surface area contributed by atoms with Crippen LogP contribution in [0.4, 0.5) is 0 Å². The van der Waals surface area contributed by atoms with Gasteiger partial charge in [0.1, 0.15) is 11.8 Å². The highest BCUT2D eigenvalue weighted by Crippen LogP contribution is 2.20. The molecule has 0 aliphatic carbocycles. The molecule has 0 bridgehead atoms. The van der Waals surface area contributed by atoms with E-state index in [2.05, 4.69) is 11.4 Å². The van der Waals surface area contributed by atoms with Crippen molar-refractivity contribution < 1.29 is 14.3 Å². The smallest absolute Gasteiger partial charge is 0.243 e. The molecule has 2 unspecified atom stereocenters. The van der Waals surface area contributed by atoms with Gasteiger partial charge >= 0.3 is 0 Å². The van der Waals surface area contributed by atoms with Crippen LogP contribution in [0.3, 0.4) is 0 Å². The summed E-state index contributed by atoms with van der Waals surface area (Å²) in [6, 6.07) is 23.1. The van der Waals surface area contributed by atoms with Crippen molar-refractivity contribution in [3.8, 4) is 5.75 Å². The van der Waals surface area contributed by atoms with Crippen LogP contribution < -0.4 is 10.1 Å². The van der Waals surface area contributed by atoms with Crippen molar-refractivity contribution in [2.45, 2.75) is 65.6 Å². The monoisotopic (exact) mass is 486 g/mol. The van der Waals surface area contributed by atoms with Crippen LogP contribution in [0.1, 0.15) is 48.1 Å². The third-order valence-corrected chi connectivity index (χ3v) is 6.40. The summed E-state index contributed by atoms with van der Waals surface area (Å²) in [6.07, 6.45) is 1.48. The number of carbonyl (C=O) groups is 2. The van der Waals surface area contributed by atoms with Crippen LogP contribution in [0.5, 0.6) is 5.75 Å². The molecule has 2 atom stereocenters. The van der Waals surface area contributed by atoms with Crippen molar-refractivity contribution in [2.24, 2.45) is 0 Å². The molecule has 0 saturated heterocycles. The highest BCUT2D eigenvalue weighted by molar-refractivity contribution is 5.89. The van der Waals surface area contributed by atoms with E-state index < -0.39 is 6.04 Å². The zero-order valence-corrected chi connectivity index (χ0v) is 22.1. The first-order chi connectivity index (χ1) is 17.3. The zero-order valence-electron chi connectivity index (χ0n) is 22.1. The molecule has 3 rings (SSSR count). The minimum atomic E-state index is -0.647. The topological polar surface area (TPSA) is 58.6 Å². The Morgan fingerprint density at radius 1 is 0.889 bits per heavy atom. The number of hydrogen-bond donors (Lipinski definition) is 1. The molecule has 0 fully saturated rings. The third kappa shape index (κ3) is 7.70. The average molecular weight is 487 g/mol. The lowest BCUT2D eigenvalue weighted by molar-refractivity contribution is -0.141. The van der Waals surface area contributed by atoms with E-state index in [0.717, 1.165) is 40.0 Å². The van der Waals surface area contributed by atoms with E-state index >= 15 is 0 Å². The maximum Gasteiger partial charge on any atom is 0.243 e. The minimum absolute atomic E-state index is 0.0176. The predicted octanol–water partition coefficient (Wildman–Crippen LogP) is 5.41. The third-order valence-electron chi connectivity index (χ3n) is 6.40. The summed E-state index contributed by atoms with van der Waals surface area (Å²) in [5, 5.41) is 3.12. The Morgan fingerprint density at radius 3 is 2.19 bits per heavy atom. The van der Waals surface area contributed by atoms with Gasteiger partial charge in [0, 0.05) is 19.0 Å². The fourth-order valence-corrected chi connectivity index (χ4v) is 4.41. The molecule has 0 aromatic heterocycles. The number of rotatable bonds is 11. The normalized spacial score (nSPS) is 12.5. The first kappa shape index (κ1) is 27.0. The molecule has 190 valence electrons. The molecule has 0 spiro atoms. The second kappa shape index (κ2) is 12.9. The summed E-state index contributed by atoms with van der Waals surface area (Å²) in [5.74, 6) is 0.505. The summed E-state index contributed by atoms with van der Waals surface area (Å²) in [4.78, 5) is 29.2. The number of nitrogens with one attached hydrogen (secondary N) is 1. The Hall–Kier alpha value is -3.60. The molecule has 3 aromatic rings. The van der Waals surface area contributed by atoms with Gasteiger partial charge in [0.25, 0.3) is 0 Å². The molecule has 0 aliphatic rings. The summed E-state index contributed by atoms with van der Waals surface area (Å²) >= 11 is 0. The molecule has 0 saturated carbocycles. The van der Waals surface area contributed by atoms with Crippen molar-refractivity contribution in [3.63, 3.8) is 0 Å². The molecule has 36 heavy (non-hydrogen) atoms. The maximum absolute atomic E-state index is 13.9. The average Bonchev–Trinajstić information content (AvgIpc) is 2.86. The molecule has 3 aromatic carbocycles. The fraction of sp³-hybridized carbons (Fsp3) is 0.355. The lowest BCUT2D eigenvalue weighted by Gasteiger charge is -2.32. The maximum atomic E-state index is 13.9. The molecule has 5 heteroatoms. The van der Waals surface area contributed by atoms with Crippen LogP contribution in [-0.2, 0) is 29.0 Å². The molecule has 0 radical (unpaired) electrons. The Kier molecular flexibility index (Phi) is 9.69. The van der Waals surface area contributed by atoms with Crippen molar-refractivity contribution >= 4 is 11.8 Å². The lowest BCUT2D eigenvalue weighted by Crippen LogP contribution is -2.52. The highest BCUT2D eigenvalue weighted by Gasteiger charge is 2.31. The van der Waals surface area contributed by atoms with Gasteiger partial charge in [-0.25, -0.2) is 0 Å². The molecular weight excluding hydrogens is 448 g/mol. The summed E-state index contributed by atoms with van der Waals surface area (Å²) in [6.45, 7) is 8.41. The van der Waals surface area contributed by atoms with Crippen molar-refractivity contribution in [1.82, 2.24) is 10.2 Å². The van der Waals surface area contributed by atoms with Crippen LogP contribution in [0.15, 0.2) is 72.8 Å². The lowest BCUT2D eigenvalue weighted by atomic mass is 10.00. The largest absolute Gasteiger partial charge is 0.497 e. The first-order valence-electron chi connectivity index (χ1n) is 12.6. The Labute approximate surface area is 215 Å². The van der Waals surface area contributed by atoms with E-state index in [4.69, 9.17) is 4.74 Å². The number of aryl methyl sites for hydroxylation is 2. The number of nitrogens with zero attached hydrogens (tertiary/aromatic N) is 1. The van der Waals surface area contributed by atoms with E-state index in [-0.39, 0.29) is 24.3 Å². The van der Waals surface area contributed by atoms with Gasteiger partial charge in [-0.15, -0.1) is 0 Å². The Morgan fingerprint density at radius 2 is 1.56 bits per heavy atom. The van der Waals surface area contributed by atoms with E-state index in [1.165, 1.54) is 0 Å². The van der Waals surface area contributed by atoms with Gasteiger partial charge in [0.2, 0.25) is 11.8 Å². The van der Waals surface area contributed by atoms with Gasteiger partial charge in [0.15, 0.2) is 0 Å². The number of amides is 2. The zero-order chi connectivity index (χ0) is 26.1. The van der Waals surface area contributed by atoms with E-state index in [9.17, 15) is 9.59 Å². The Bertz CT molecular complexity index is 1140. The summed E-state index contributed by atoms with van der Waals surface area (Å²) in [5.41, 5.74) is 5.11. The van der Waals surface area contributed by atoms with Crippen LogP contribution >= 0.6 is 0 Å². The number of ether oxygens (including phenoxy) is 1. The second-order valence-corrected chi connectivity index (χ2v) is 9.57. The summed E-state index contributed by atoms with van der Waals surface area (Å²) in [7, 11) is 1.62. The fourth-order valence-electron chi connectivity index (χ4n) is 4.41. The molecule has 0 aliphatic heterocycles. The SMILES string of the molecule is CCC(C)NC(=O)C(Cc1ccccc1)N(Cc1cccc(OC)c1)C(=O)Cc1cc(C)cc(C)c1. The van der Waals surface area contributed by atoms with Crippen molar-refractivity contribution in [2.75, 3.05) is 7.11 Å². The number of hydrogen-bond acceptors (Lipinski definition) is 3. The molecule has 2 amide bonds. The highest BCUT2D eigenvalue weighted by atomic mass is 16.5. The van der Waals surface area contributed by atoms with Crippen molar-refractivity contribution in [3.05, 3.63) is 101 Å². The van der Waals surface area contributed by atoms with Gasteiger partial charge in [-0.05, 0) is 56.0 Å². The van der Waals surface area contributed by atoms with Crippen LogP contribution in [0.25, 0.3) is 0 Å². The number of carbonyl (C=O) groups excluding carboxylic acids is 2. The van der Waals surface area contributed by atoms with Crippen LogP contribution in [-0.4, -0.2) is 35.9 Å². The number of benzene rings is 3.